The maximum Gasteiger partial charge on any atom is 0.335 e. The lowest BCUT2D eigenvalue weighted by Crippen LogP contribution is -2.43. The van der Waals surface area contributed by atoms with E-state index in [1.807, 2.05) is 12.1 Å². The molecule has 2 aliphatic rings. The van der Waals surface area contributed by atoms with Crippen LogP contribution in [0, 0.1) is 11.3 Å². The van der Waals surface area contributed by atoms with Crippen LogP contribution >= 0.6 is 23.5 Å². The highest BCUT2D eigenvalue weighted by Crippen LogP contribution is 2.46. The number of carboxylic acids is 1. The minimum atomic E-state index is -2.72. The van der Waals surface area contributed by atoms with Crippen LogP contribution in [0.1, 0.15) is 53.1 Å². The smallest absolute Gasteiger partial charge is 0.335 e. The van der Waals surface area contributed by atoms with Gasteiger partial charge in [-0.15, -0.1) is 0 Å². The molecule has 0 atom stereocenters. The third kappa shape index (κ3) is 4.47. The number of rotatable bonds is 7. The van der Waals surface area contributed by atoms with Gasteiger partial charge in [0.05, 0.1) is 21.8 Å². The van der Waals surface area contributed by atoms with Crippen molar-refractivity contribution in [1.29, 1.82) is 5.26 Å². The van der Waals surface area contributed by atoms with Crippen molar-refractivity contribution in [2.75, 3.05) is 4.72 Å². The number of halogens is 3. The van der Waals surface area contributed by atoms with E-state index in [-0.39, 0.29) is 34.7 Å². The number of nitrogens with zero attached hydrogens (tertiary/aromatic N) is 1. The first kappa shape index (κ1) is 20.8. The lowest BCUT2D eigenvalue weighted by molar-refractivity contribution is -0.134. The zero-order valence-electron chi connectivity index (χ0n) is 15.6. The molecule has 0 aromatic heterocycles. The van der Waals surface area contributed by atoms with E-state index >= 15 is 0 Å². The number of nitrogens with one attached hydrogen (secondary N) is 1. The summed E-state index contributed by atoms with van der Waals surface area (Å²) in [6.07, 6.45) is 0.716. The number of ether oxygens (including phenoxy) is 1. The van der Waals surface area contributed by atoms with E-state index in [0.717, 1.165) is 23.3 Å². The normalized spacial score (nSPS) is 17.7. The van der Waals surface area contributed by atoms with Crippen molar-refractivity contribution in [3.63, 3.8) is 0 Å². The number of carbonyl (C=O) groups is 1. The van der Waals surface area contributed by atoms with Gasteiger partial charge in [0, 0.05) is 23.8 Å². The molecule has 0 bridgehead atoms. The van der Waals surface area contributed by atoms with Crippen molar-refractivity contribution in [3.8, 4) is 11.8 Å². The molecule has 9 heteroatoms. The van der Waals surface area contributed by atoms with Gasteiger partial charge >= 0.3 is 5.97 Å². The van der Waals surface area contributed by atoms with Gasteiger partial charge in [-0.2, -0.15) is 5.26 Å². The van der Waals surface area contributed by atoms with Gasteiger partial charge in [0.15, 0.2) is 0 Å². The van der Waals surface area contributed by atoms with E-state index in [4.69, 9.17) is 16.3 Å². The number of alkyl halides is 2. The Balaban J connectivity index is 1.59. The molecular formula is C21H17ClF2N2O3S. The van der Waals surface area contributed by atoms with Gasteiger partial charge in [-0.05, 0) is 54.5 Å². The second-order valence-corrected chi connectivity index (χ2v) is 8.74. The Morgan fingerprint density at radius 3 is 2.63 bits per heavy atom. The third-order valence-electron chi connectivity index (χ3n) is 5.08. The van der Waals surface area contributed by atoms with Crippen molar-refractivity contribution in [3.05, 3.63) is 52.0 Å². The summed E-state index contributed by atoms with van der Waals surface area (Å²) in [5.41, 5.74) is 1.85. The van der Waals surface area contributed by atoms with Gasteiger partial charge in [-0.1, -0.05) is 17.7 Å². The molecular weight excluding hydrogens is 434 g/mol. The molecule has 5 nitrogen and oxygen atoms in total. The van der Waals surface area contributed by atoms with Crippen LogP contribution in [0.5, 0.6) is 5.75 Å². The van der Waals surface area contributed by atoms with Crippen LogP contribution in [0.2, 0.25) is 5.02 Å². The quantitative estimate of drug-likeness (QED) is 0.497. The van der Waals surface area contributed by atoms with Crippen LogP contribution in [-0.4, -0.2) is 23.1 Å². The molecule has 30 heavy (non-hydrogen) atoms. The van der Waals surface area contributed by atoms with E-state index in [1.54, 1.807) is 12.1 Å². The van der Waals surface area contributed by atoms with Gasteiger partial charge < -0.3 is 14.6 Å². The predicted octanol–water partition coefficient (Wildman–Crippen LogP) is 6.08. The maximum atomic E-state index is 13.2. The molecule has 0 saturated heterocycles. The van der Waals surface area contributed by atoms with Gasteiger partial charge in [0.2, 0.25) is 0 Å². The fourth-order valence-corrected chi connectivity index (χ4v) is 4.40. The fourth-order valence-electron chi connectivity index (χ4n) is 3.28. The molecule has 2 N–H and O–H groups in total. The number of carboxylic acid groups (broad SMARTS) is 1. The van der Waals surface area contributed by atoms with Crippen LogP contribution < -0.4 is 9.46 Å². The van der Waals surface area contributed by atoms with Gasteiger partial charge in [0.25, 0.3) is 5.92 Å². The molecule has 2 aromatic rings. The van der Waals surface area contributed by atoms with E-state index in [1.165, 1.54) is 24.1 Å². The highest BCUT2D eigenvalue weighted by atomic mass is 35.5. The average molecular weight is 451 g/mol. The van der Waals surface area contributed by atoms with Crippen molar-refractivity contribution in [1.82, 2.24) is 0 Å². The summed E-state index contributed by atoms with van der Waals surface area (Å²) in [4.78, 5) is 12.1. The highest BCUT2D eigenvalue weighted by molar-refractivity contribution is 8.00. The Bertz CT molecular complexity index is 1050. The molecule has 2 aromatic carbocycles. The molecule has 0 heterocycles. The predicted molar refractivity (Wildman–Crippen MR) is 110 cm³/mol. The minimum Gasteiger partial charge on any atom is -0.488 e. The molecule has 2 fully saturated rings. The fraction of sp³-hybridized carbons (Fsp3) is 0.333. The molecule has 2 saturated carbocycles. The number of hydrogen-bond donors (Lipinski definition) is 2. The lowest BCUT2D eigenvalue weighted by Gasteiger charge is -2.35. The van der Waals surface area contributed by atoms with Crippen molar-refractivity contribution >= 4 is 35.2 Å². The van der Waals surface area contributed by atoms with Crippen molar-refractivity contribution in [2.45, 2.75) is 48.5 Å². The van der Waals surface area contributed by atoms with Crippen LogP contribution in [0.4, 0.5) is 14.5 Å². The molecule has 0 radical (unpaired) electrons. The van der Waals surface area contributed by atoms with Crippen LogP contribution in [-0.2, 0) is 0 Å². The summed E-state index contributed by atoms with van der Waals surface area (Å²) >= 11 is 7.30. The second-order valence-electron chi connectivity index (χ2n) is 7.48. The largest absolute Gasteiger partial charge is 0.488 e. The van der Waals surface area contributed by atoms with E-state index in [2.05, 4.69) is 4.72 Å². The number of nitriles is 1. The third-order valence-corrected chi connectivity index (χ3v) is 6.29. The Hall–Kier alpha value is -2.50. The number of aromatic carboxylic acids is 1. The van der Waals surface area contributed by atoms with E-state index in [0.29, 0.717) is 11.6 Å². The second kappa shape index (κ2) is 7.97. The van der Waals surface area contributed by atoms with Crippen LogP contribution in [0.15, 0.2) is 35.2 Å². The Morgan fingerprint density at radius 1 is 1.30 bits per heavy atom. The van der Waals surface area contributed by atoms with Gasteiger partial charge in [0.1, 0.15) is 17.9 Å². The van der Waals surface area contributed by atoms with E-state index < -0.39 is 18.0 Å². The summed E-state index contributed by atoms with van der Waals surface area (Å²) in [6.45, 7) is 0. The topological polar surface area (TPSA) is 82.4 Å². The van der Waals surface area contributed by atoms with Gasteiger partial charge in [-0.3, -0.25) is 0 Å². The Kier molecular flexibility index (Phi) is 5.51. The summed E-state index contributed by atoms with van der Waals surface area (Å²) in [7, 11) is 0. The molecule has 0 spiro atoms. The van der Waals surface area contributed by atoms with Crippen molar-refractivity contribution in [2.24, 2.45) is 0 Å². The highest BCUT2D eigenvalue weighted by Gasteiger charge is 2.47. The molecule has 156 valence electrons. The summed E-state index contributed by atoms with van der Waals surface area (Å²) in [6, 6.07) is 9.93. The molecule has 4 rings (SSSR count). The summed E-state index contributed by atoms with van der Waals surface area (Å²) in [5.74, 6) is -3.08. The Morgan fingerprint density at radius 2 is 2.03 bits per heavy atom. The maximum absolute atomic E-state index is 13.2. The average Bonchev–Trinajstić information content (AvgIpc) is 3.50. The first-order valence-electron chi connectivity index (χ1n) is 9.34. The van der Waals surface area contributed by atoms with E-state index in [9.17, 15) is 23.9 Å². The van der Waals surface area contributed by atoms with Crippen LogP contribution in [0.3, 0.4) is 0 Å². The monoisotopic (exact) mass is 450 g/mol. The molecule has 0 aliphatic heterocycles. The SMILES string of the molecule is N#Cc1cc(NSc2cc(C(=O)O)ccc2C2CC2)c(OC2CC(F)(F)C2)cc1Cl. The Labute approximate surface area is 181 Å². The molecule has 0 amide bonds. The summed E-state index contributed by atoms with van der Waals surface area (Å²) < 4.78 is 35.1. The number of benzene rings is 2. The van der Waals surface area contributed by atoms with Gasteiger partial charge in [-0.25, -0.2) is 13.6 Å². The zero-order valence-corrected chi connectivity index (χ0v) is 17.2. The van der Waals surface area contributed by atoms with Crippen LogP contribution in [0.25, 0.3) is 0 Å². The number of anilines is 1. The zero-order chi connectivity index (χ0) is 21.5. The molecule has 0 unspecified atom stereocenters. The first-order chi connectivity index (χ1) is 14.3. The number of hydrogen-bond acceptors (Lipinski definition) is 5. The minimum absolute atomic E-state index is 0.167. The molecule has 2 aliphatic carbocycles. The van der Waals surface area contributed by atoms with Crippen molar-refractivity contribution < 1.29 is 23.4 Å². The summed E-state index contributed by atoms with van der Waals surface area (Å²) in [5, 5.41) is 18.7. The lowest BCUT2D eigenvalue weighted by atomic mass is 9.91. The standard InChI is InChI=1S/C21H17ClF2N2O3S/c22-16-7-18(29-14-8-21(23,24)9-14)17(5-13(16)10-25)26-30-19-6-12(20(27)28)3-4-15(19)11-1-2-11/h3-7,11,14,26H,1-2,8-9H2,(H,27,28). The first-order valence-corrected chi connectivity index (χ1v) is 10.5.